The van der Waals surface area contributed by atoms with Crippen molar-refractivity contribution in [3.63, 3.8) is 0 Å². The first-order valence-corrected chi connectivity index (χ1v) is 7.16. The molecule has 0 aliphatic rings. The highest BCUT2D eigenvalue weighted by atomic mass is 79.9. The molecule has 0 saturated heterocycles. The fourth-order valence-electron chi connectivity index (χ4n) is 2.23. The van der Waals surface area contributed by atoms with Crippen LogP contribution in [0.25, 0.3) is 0 Å². The molecule has 1 heterocycles. The SMILES string of the molecule is COCCn1ncc(Br)c1C(=O)c1c(C)cccc1C. The van der Waals surface area contributed by atoms with Crippen LogP contribution in [-0.2, 0) is 11.3 Å². The third-order valence-electron chi connectivity index (χ3n) is 3.23. The van der Waals surface area contributed by atoms with E-state index in [9.17, 15) is 4.79 Å². The lowest BCUT2D eigenvalue weighted by atomic mass is 9.97. The average molecular weight is 337 g/mol. The Bertz CT molecular complexity index is 615. The summed E-state index contributed by atoms with van der Waals surface area (Å²) in [7, 11) is 1.63. The molecule has 0 saturated carbocycles. The van der Waals surface area contributed by atoms with E-state index in [-0.39, 0.29) is 5.78 Å². The zero-order valence-electron chi connectivity index (χ0n) is 11.8. The van der Waals surface area contributed by atoms with E-state index >= 15 is 0 Å². The highest BCUT2D eigenvalue weighted by Crippen LogP contribution is 2.23. The maximum atomic E-state index is 12.8. The second-order valence-electron chi connectivity index (χ2n) is 4.65. The molecule has 0 aliphatic carbocycles. The minimum Gasteiger partial charge on any atom is -0.383 e. The molecule has 2 aromatic rings. The molecule has 1 aromatic heterocycles. The van der Waals surface area contributed by atoms with Crippen LogP contribution in [0.5, 0.6) is 0 Å². The highest BCUT2D eigenvalue weighted by molar-refractivity contribution is 9.10. The van der Waals surface area contributed by atoms with Gasteiger partial charge in [-0.25, -0.2) is 0 Å². The van der Waals surface area contributed by atoms with Crippen molar-refractivity contribution in [2.75, 3.05) is 13.7 Å². The molecular weight excluding hydrogens is 320 g/mol. The third-order valence-corrected chi connectivity index (χ3v) is 3.81. The molecule has 106 valence electrons. The standard InChI is InChI=1S/C15H17BrN2O2/c1-10-5-4-6-11(2)13(10)15(19)14-12(16)9-17-18(14)7-8-20-3/h4-6,9H,7-8H2,1-3H3. The summed E-state index contributed by atoms with van der Waals surface area (Å²) in [6, 6.07) is 5.85. The number of halogens is 1. The Balaban J connectivity index is 2.46. The number of aryl methyl sites for hydroxylation is 2. The van der Waals surface area contributed by atoms with Gasteiger partial charge in [0.2, 0.25) is 5.78 Å². The van der Waals surface area contributed by atoms with Gasteiger partial charge in [-0.1, -0.05) is 18.2 Å². The quantitative estimate of drug-likeness (QED) is 0.788. The number of nitrogens with zero attached hydrogens (tertiary/aromatic N) is 2. The predicted octanol–water partition coefficient (Wildman–Crippen LogP) is 3.14. The molecule has 0 amide bonds. The van der Waals surface area contributed by atoms with Crippen LogP contribution in [0.2, 0.25) is 0 Å². The van der Waals surface area contributed by atoms with E-state index in [0.717, 1.165) is 16.7 Å². The van der Waals surface area contributed by atoms with Crippen molar-refractivity contribution in [1.82, 2.24) is 9.78 Å². The maximum absolute atomic E-state index is 12.8. The number of hydrogen-bond donors (Lipinski definition) is 0. The van der Waals surface area contributed by atoms with Gasteiger partial charge in [0.05, 0.1) is 23.8 Å². The largest absolute Gasteiger partial charge is 0.383 e. The van der Waals surface area contributed by atoms with Gasteiger partial charge in [0, 0.05) is 12.7 Å². The van der Waals surface area contributed by atoms with E-state index in [1.807, 2.05) is 32.0 Å². The molecule has 0 N–H and O–H groups in total. The van der Waals surface area contributed by atoms with Gasteiger partial charge in [-0.2, -0.15) is 5.10 Å². The Kier molecular flexibility index (Phi) is 4.73. The topological polar surface area (TPSA) is 44.1 Å². The minimum atomic E-state index is -0.0129. The average Bonchev–Trinajstić information content (AvgIpc) is 2.77. The van der Waals surface area contributed by atoms with Crippen molar-refractivity contribution < 1.29 is 9.53 Å². The first kappa shape index (κ1) is 14.9. The van der Waals surface area contributed by atoms with Crippen LogP contribution < -0.4 is 0 Å². The zero-order valence-corrected chi connectivity index (χ0v) is 13.4. The molecule has 5 heteroatoms. The fraction of sp³-hybridized carbons (Fsp3) is 0.333. The lowest BCUT2D eigenvalue weighted by Gasteiger charge is -2.11. The number of hydrogen-bond acceptors (Lipinski definition) is 3. The van der Waals surface area contributed by atoms with E-state index in [1.54, 1.807) is 18.0 Å². The summed E-state index contributed by atoms with van der Waals surface area (Å²) in [6.45, 7) is 4.96. The van der Waals surface area contributed by atoms with E-state index in [0.29, 0.717) is 23.3 Å². The van der Waals surface area contributed by atoms with Crippen molar-refractivity contribution in [3.05, 3.63) is 51.3 Å². The minimum absolute atomic E-state index is 0.0129. The second-order valence-corrected chi connectivity index (χ2v) is 5.51. The van der Waals surface area contributed by atoms with Crippen LogP contribution in [-0.4, -0.2) is 29.3 Å². The molecule has 20 heavy (non-hydrogen) atoms. The molecule has 0 bridgehead atoms. The third kappa shape index (κ3) is 2.83. The van der Waals surface area contributed by atoms with Crippen molar-refractivity contribution in [2.24, 2.45) is 0 Å². The van der Waals surface area contributed by atoms with Gasteiger partial charge in [-0.05, 0) is 40.9 Å². The van der Waals surface area contributed by atoms with Crippen LogP contribution in [0, 0.1) is 13.8 Å². The predicted molar refractivity (Wildman–Crippen MR) is 81.2 cm³/mol. The van der Waals surface area contributed by atoms with Crippen molar-refractivity contribution in [1.29, 1.82) is 0 Å². The number of ether oxygens (including phenoxy) is 1. The fourth-order valence-corrected chi connectivity index (χ4v) is 2.70. The monoisotopic (exact) mass is 336 g/mol. The Morgan fingerprint density at radius 3 is 2.60 bits per heavy atom. The lowest BCUT2D eigenvalue weighted by Crippen LogP contribution is -2.16. The van der Waals surface area contributed by atoms with Crippen molar-refractivity contribution in [3.8, 4) is 0 Å². The van der Waals surface area contributed by atoms with Crippen LogP contribution >= 0.6 is 15.9 Å². The smallest absolute Gasteiger partial charge is 0.212 e. The summed E-state index contributed by atoms with van der Waals surface area (Å²) in [5.41, 5.74) is 3.26. The number of carbonyl (C=O) groups is 1. The Hall–Kier alpha value is -1.46. The van der Waals surface area contributed by atoms with Gasteiger partial charge in [-0.3, -0.25) is 9.48 Å². The Labute approximate surface area is 126 Å². The first-order chi connectivity index (χ1) is 9.56. The molecular formula is C15H17BrN2O2. The lowest BCUT2D eigenvalue weighted by molar-refractivity contribution is 0.102. The molecule has 0 spiro atoms. The molecule has 1 aromatic carbocycles. The number of aromatic nitrogens is 2. The number of benzene rings is 1. The van der Waals surface area contributed by atoms with Crippen molar-refractivity contribution >= 4 is 21.7 Å². The van der Waals surface area contributed by atoms with Crippen LogP contribution in [0.3, 0.4) is 0 Å². The highest BCUT2D eigenvalue weighted by Gasteiger charge is 2.21. The summed E-state index contributed by atoms with van der Waals surface area (Å²) in [6.07, 6.45) is 1.65. The van der Waals surface area contributed by atoms with Gasteiger partial charge < -0.3 is 4.74 Å². The Morgan fingerprint density at radius 1 is 1.35 bits per heavy atom. The molecule has 0 atom stereocenters. The summed E-state index contributed by atoms with van der Waals surface area (Å²) in [4.78, 5) is 12.8. The van der Waals surface area contributed by atoms with Crippen molar-refractivity contribution in [2.45, 2.75) is 20.4 Å². The molecule has 0 radical (unpaired) electrons. The number of ketones is 1. The van der Waals surface area contributed by atoms with E-state index in [2.05, 4.69) is 21.0 Å². The van der Waals surface area contributed by atoms with E-state index in [1.165, 1.54) is 0 Å². The molecule has 2 rings (SSSR count). The normalized spacial score (nSPS) is 10.8. The zero-order chi connectivity index (χ0) is 14.7. The summed E-state index contributed by atoms with van der Waals surface area (Å²) in [5, 5.41) is 4.23. The van der Waals surface area contributed by atoms with E-state index < -0.39 is 0 Å². The first-order valence-electron chi connectivity index (χ1n) is 6.37. The van der Waals surface area contributed by atoms with Gasteiger partial charge in [-0.15, -0.1) is 0 Å². The number of carbonyl (C=O) groups excluding carboxylic acids is 1. The molecule has 0 aliphatic heterocycles. The number of methoxy groups -OCH3 is 1. The van der Waals surface area contributed by atoms with Crippen LogP contribution in [0.15, 0.2) is 28.9 Å². The summed E-state index contributed by atoms with van der Waals surface area (Å²) >= 11 is 3.41. The Morgan fingerprint density at radius 2 is 2.00 bits per heavy atom. The second kappa shape index (κ2) is 6.33. The van der Waals surface area contributed by atoms with Gasteiger partial charge in [0.1, 0.15) is 5.69 Å². The van der Waals surface area contributed by atoms with E-state index in [4.69, 9.17) is 4.74 Å². The molecule has 0 fully saturated rings. The molecule has 0 unspecified atom stereocenters. The summed E-state index contributed by atoms with van der Waals surface area (Å²) in [5.74, 6) is -0.0129. The maximum Gasteiger partial charge on any atom is 0.212 e. The van der Waals surface area contributed by atoms with Gasteiger partial charge in [0.15, 0.2) is 0 Å². The summed E-state index contributed by atoms with van der Waals surface area (Å²) < 4.78 is 7.45. The van der Waals surface area contributed by atoms with Crippen LogP contribution in [0.4, 0.5) is 0 Å². The molecule has 4 nitrogen and oxygen atoms in total. The van der Waals surface area contributed by atoms with Crippen LogP contribution in [0.1, 0.15) is 27.2 Å². The number of rotatable bonds is 5. The van der Waals surface area contributed by atoms with Gasteiger partial charge >= 0.3 is 0 Å². The van der Waals surface area contributed by atoms with Gasteiger partial charge in [0.25, 0.3) is 0 Å².